The highest BCUT2D eigenvalue weighted by Crippen LogP contribution is 2.50. The van der Waals surface area contributed by atoms with Crippen LogP contribution in [0.3, 0.4) is 0 Å². The summed E-state index contributed by atoms with van der Waals surface area (Å²) in [5.74, 6) is 6.14. The van der Waals surface area contributed by atoms with Crippen molar-refractivity contribution in [3.63, 3.8) is 0 Å². The molecule has 0 spiro atoms. The van der Waals surface area contributed by atoms with Crippen LogP contribution in [0.5, 0.6) is 0 Å². The molecule has 4 amide bonds. The highest BCUT2D eigenvalue weighted by molar-refractivity contribution is 6.13. The molecule has 12 heteroatoms. The molecule has 1 aromatic carbocycles. The molecule has 4 heterocycles. The molecule has 2 fully saturated rings. The number of rotatable bonds is 72. The molecule has 10 atom stereocenters. The summed E-state index contributed by atoms with van der Waals surface area (Å²) >= 11 is 0. The van der Waals surface area contributed by atoms with Gasteiger partial charge in [0.1, 0.15) is 0 Å². The van der Waals surface area contributed by atoms with Crippen molar-refractivity contribution in [3.05, 3.63) is 77.9 Å². The minimum Gasteiger partial charge on any atom is -0.275 e. The third-order valence-corrected chi connectivity index (χ3v) is 29.8. The fourth-order valence-corrected chi connectivity index (χ4v) is 22.8. The van der Waals surface area contributed by atoms with Gasteiger partial charge in [0.2, 0.25) is 0 Å². The number of carbonyl (C=O) groups is 4. The quantitative estimate of drug-likeness (QED) is 0.0400. The average molecular weight is 1620 g/mol. The van der Waals surface area contributed by atoms with Gasteiger partial charge in [-0.2, -0.15) is 0 Å². The first kappa shape index (κ1) is 99.4. The lowest BCUT2D eigenvalue weighted by Crippen LogP contribution is -2.43. The highest BCUT2D eigenvalue weighted by atomic mass is 16.2. The molecule has 0 N–H and O–H groups in total. The predicted octanol–water partition coefficient (Wildman–Crippen LogP) is 28.4. The summed E-state index contributed by atoms with van der Waals surface area (Å²) < 4.78 is 2.94. The van der Waals surface area contributed by atoms with Gasteiger partial charge in [-0.05, 0) is 156 Å². The standard InChI is InChI=1S/C105H176N4O8/c1-8-14-20-25-38-52-66-89-84(60-47-23-17-11-4)70-72-86(62-49-35-27-28-37-51-65-88(64-46-19-13-6)108-99(112)76-77-100(108)113)91(89)69-55-41-31-34-45-59-81-107-101(114)93-82-95-96(83-94(93)102(107)115)104(117)109(103(95)116)105(7,78-56-42-22-16-10-3)79-57-43-32-29-36-50-63-87-73-71-85(61-48-24-18-12-5)90(67-53-39-26-21-15-9-2)92(87)68-54-40-30-33-44-58-80-106-97(110)74-75-98(106)111/h74-77,82-92H,8-73,78-81H2,1-7H3. The van der Waals surface area contributed by atoms with Crippen LogP contribution in [0.4, 0.5) is 0 Å². The van der Waals surface area contributed by atoms with Crippen LogP contribution in [0.25, 0.3) is 21.5 Å². The Morgan fingerprint density at radius 2 is 0.530 bits per heavy atom. The van der Waals surface area contributed by atoms with E-state index >= 15 is 0 Å². The Kier molecular flexibility index (Phi) is 49.6. The van der Waals surface area contributed by atoms with Crippen molar-refractivity contribution in [2.24, 2.45) is 47.3 Å². The lowest BCUT2D eigenvalue weighted by molar-refractivity contribution is -0.140. The minimum atomic E-state index is -0.664. The SMILES string of the molecule is CCCCCCCCC1C(CCCCCC)CCC(CCCCCCCCC(C)(CCCCCCC)n2c(=O)c3cc4c(=O)n(CCCCCCCCC5C(CCCCCCCCC(CCCCC)N6C(=O)C=CC6=O)CCC(CCCCCC)C5CCCCCCCC)c(=O)c4cc3c2=O)C1CCCCCCCCN1C(=O)C=CC1=O. The van der Waals surface area contributed by atoms with Gasteiger partial charge >= 0.3 is 0 Å². The Hall–Kier alpha value is -4.74. The van der Waals surface area contributed by atoms with E-state index in [0.717, 1.165) is 182 Å². The summed E-state index contributed by atoms with van der Waals surface area (Å²) in [6.45, 7) is 16.8. The fourth-order valence-electron chi connectivity index (χ4n) is 22.8. The number of amides is 4. The molecule has 0 radical (unpaired) electrons. The molecule has 7 rings (SSSR count). The highest BCUT2D eigenvalue weighted by Gasteiger charge is 2.41. The molecular weight excluding hydrogens is 1450 g/mol. The van der Waals surface area contributed by atoms with Crippen LogP contribution in [0, 0.1) is 47.3 Å². The third kappa shape index (κ3) is 33.5. The topological polar surface area (TPSA) is 153 Å². The Morgan fingerprint density at radius 3 is 0.872 bits per heavy atom. The van der Waals surface area contributed by atoms with Crippen LogP contribution in [-0.2, 0) is 31.3 Å². The van der Waals surface area contributed by atoms with Gasteiger partial charge in [-0.15, -0.1) is 0 Å². The maximum absolute atomic E-state index is 14.8. The molecule has 10 unspecified atom stereocenters. The van der Waals surface area contributed by atoms with Gasteiger partial charge in [0.15, 0.2) is 0 Å². The number of imide groups is 2. The van der Waals surface area contributed by atoms with E-state index in [9.17, 15) is 38.4 Å². The summed E-state index contributed by atoms with van der Waals surface area (Å²) in [5.41, 5.74) is -1.95. The van der Waals surface area contributed by atoms with E-state index in [0.29, 0.717) is 13.1 Å². The summed E-state index contributed by atoms with van der Waals surface area (Å²) in [5, 5.41) is 1.10. The molecule has 0 saturated heterocycles. The van der Waals surface area contributed by atoms with Gasteiger partial charge in [-0.1, -0.05) is 388 Å². The van der Waals surface area contributed by atoms with Crippen molar-refractivity contribution >= 4 is 45.2 Å². The van der Waals surface area contributed by atoms with Gasteiger partial charge in [0.25, 0.3) is 45.9 Å². The zero-order valence-corrected chi connectivity index (χ0v) is 76.7. The van der Waals surface area contributed by atoms with Crippen LogP contribution < -0.4 is 22.2 Å². The van der Waals surface area contributed by atoms with Gasteiger partial charge in [-0.3, -0.25) is 57.3 Å². The Balaban J connectivity index is 0.906. The zero-order chi connectivity index (χ0) is 83.7. The minimum absolute atomic E-state index is 0.0319. The Morgan fingerprint density at radius 1 is 0.282 bits per heavy atom. The Labute approximate surface area is 714 Å². The Bertz CT molecular complexity index is 3400. The van der Waals surface area contributed by atoms with Crippen molar-refractivity contribution in [1.82, 2.24) is 18.9 Å². The van der Waals surface area contributed by atoms with E-state index in [2.05, 4.69) is 48.5 Å². The van der Waals surface area contributed by atoms with E-state index in [1.165, 1.54) is 340 Å². The van der Waals surface area contributed by atoms with Gasteiger partial charge in [-0.25, -0.2) is 0 Å². The van der Waals surface area contributed by atoms with Crippen LogP contribution >= 0.6 is 0 Å². The van der Waals surface area contributed by atoms with Crippen LogP contribution in [0.1, 0.15) is 485 Å². The average Bonchev–Trinajstić information content (AvgIpc) is 1.57. The molecule has 664 valence electrons. The fraction of sp³-hybridized carbons (Fsp3) is 0.829. The molecule has 0 bridgehead atoms. The number of benzene rings is 1. The smallest absolute Gasteiger partial charge is 0.262 e. The molecular formula is C105H176N4O8. The summed E-state index contributed by atoms with van der Waals surface area (Å²) in [4.78, 5) is 111. The summed E-state index contributed by atoms with van der Waals surface area (Å²) in [6, 6.07) is 3.23. The van der Waals surface area contributed by atoms with Crippen molar-refractivity contribution in [2.45, 2.75) is 503 Å². The van der Waals surface area contributed by atoms with E-state index in [1.54, 1.807) is 16.7 Å². The number of nitrogens with zero attached hydrogens (tertiary/aromatic N) is 4. The molecule has 2 aromatic heterocycles. The second-order valence-corrected chi connectivity index (χ2v) is 38.8. The zero-order valence-electron chi connectivity index (χ0n) is 76.7. The van der Waals surface area contributed by atoms with Crippen molar-refractivity contribution < 1.29 is 19.2 Å². The molecule has 3 aromatic rings. The van der Waals surface area contributed by atoms with E-state index in [4.69, 9.17) is 0 Å². The number of fused-ring (bicyclic) bond motifs is 2. The van der Waals surface area contributed by atoms with E-state index in [1.807, 2.05) is 0 Å². The van der Waals surface area contributed by atoms with Crippen molar-refractivity contribution in [2.75, 3.05) is 6.54 Å². The first-order chi connectivity index (χ1) is 57.2. The van der Waals surface area contributed by atoms with Crippen LogP contribution in [-0.4, -0.2) is 55.1 Å². The summed E-state index contributed by atoms with van der Waals surface area (Å²) in [6.07, 6.45) is 89.4. The largest absolute Gasteiger partial charge is 0.275 e. The van der Waals surface area contributed by atoms with E-state index in [-0.39, 0.29) is 73.5 Å². The number of hydrogen-bond acceptors (Lipinski definition) is 8. The van der Waals surface area contributed by atoms with Crippen LogP contribution in [0.15, 0.2) is 55.6 Å². The summed E-state index contributed by atoms with van der Waals surface area (Å²) in [7, 11) is 0. The normalized spacial score (nSPS) is 20.6. The molecule has 2 aliphatic carbocycles. The predicted molar refractivity (Wildman–Crippen MR) is 495 cm³/mol. The van der Waals surface area contributed by atoms with Crippen molar-refractivity contribution in [3.8, 4) is 0 Å². The van der Waals surface area contributed by atoms with Gasteiger partial charge in [0, 0.05) is 49.0 Å². The number of carbonyl (C=O) groups excluding carboxylic acids is 4. The monoisotopic (exact) mass is 1620 g/mol. The van der Waals surface area contributed by atoms with Crippen LogP contribution in [0.2, 0.25) is 0 Å². The van der Waals surface area contributed by atoms with Crippen molar-refractivity contribution in [1.29, 1.82) is 0 Å². The lowest BCUT2D eigenvalue weighted by Gasteiger charge is -2.44. The third-order valence-electron chi connectivity index (χ3n) is 29.8. The number of hydrogen-bond donors (Lipinski definition) is 0. The lowest BCUT2D eigenvalue weighted by atomic mass is 9.61. The first-order valence-corrected chi connectivity index (χ1v) is 51.2. The van der Waals surface area contributed by atoms with Gasteiger partial charge < -0.3 is 0 Å². The molecule has 117 heavy (non-hydrogen) atoms. The maximum atomic E-state index is 14.8. The molecule has 12 nitrogen and oxygen atoms in total. The first-order valence-electron chi connectivity index (χ1n) is 51.2. The van der Waals surface area contributed by atoms with Gasteiger partial charge in [0.05, 0.1) is 21.5 Å². The molecule has 2 saturated carbocycles. The molecule has 2 aliphatic heterocycles. The number of aromatic nitrogens is 2. The maximum Gasteiger partial charge on any atom is 0.262 e. The second-order valence-electron chi connectivity index (χ2n) is 38.8. The van der Waals surface area contributed by atoms with E-state index < -0.39 is 5.54 Å². The number of unbranched alkanes of at least 4 members (excludes halogenated alkanes) is 42. The molecule has 4 aliphatic rings. The second kappa shape index (κ2) is 58.3.